The zero-order chi connectivity index (χ0) is 18.7. The van der Waals surface area contributed by atoms with Gasteiger partial charge in [0, 0.05) is 24.8 Å². The highest BCUT2D eigenvalue weighted by Gasteiger charge is 2.42. The van der Waals surface area contributed by atoms with Crippen LogP contribution < -0.4 is 10.6 Å². The van der Waals surface area contributed by atoms with Crippen LogP contribution in [-0.2, 0) is 4.74 Å². The van der Waals surface area contributed by atoms with Crippen LogP contribution in [0.4, 0.5) is 10.5 Å². The van der Waals surface area contributed by atoms with Gasteiger partial charge in [-0.05, 0) is 69.8 Å². The molecule has 142 valence electrons. The molecule has 1 aliphatic carbocycles. The molecular weight excluding hydrogens is 346 g/mol. The maximum Gasteiger partial charge on any atom is 0.410 e. The second kappa shape index (κ2) is 7.82. The lowest BCUT2D eigenvalue weighted by Gasteiger charge is -2.47. The number of thiocarbonyl (C=S) groups is 1. The van der Waals surface area contributed by atoms with Gasteiger partial charge in [-0.15, -0.1) is 0 Å². The van der Waals surface area contributed by atoms with Crippen LogP contribution in [0.5, 0.6) is 0 Å². The minimum absolute atomic E-state index is 0.196. The van der Waals surface area contributed by atoms with E-state index in [9.17, 15) is 4.79 Å². The van der Waals surface area contributed by atoms with E-state index in [2.05, 4.69) is 10.6 Å². The van der Waals surface area contributed by atoms with Gasteiger partial charge < -0.3 is 20.3 Å². The molecule has 2 unspecified atom stereocenters. The first-order valence-corrected chi connectivity index (χ1v) is 9.83. The molecule has 1 heterocycles. The van der Waals surface area contributed by atoms with Gasteiger partial charge in [-0.3, -0.25) is 0 Å². The Hall–Kier alpha value is -1.82. The number of benzene rings is 1. The Kier molecular flexibility index (Phi) is 5.70. The van der Waals surface area contributed by atoms with Crippen molar-refractivity contribution in [2.45, 2.75) is 51.7 Å². The average Bonchev–Trinajstić information content (AvgIpc) is 2.53. The Bertz CT molecular complexity index is 630. The van der Waals surface area contributed by atoms with Crippen molar-refractivity contribution in [1.82, 2.24) is 10.2 Å². The van der Waals surface area contributed by atoms with E-state index < -0.39 is 5.60 Å². The lowest BCUT2D eigenvalue weighted by molar-refractivity contribution is -0.00376. The van der Waals surface area contributed by atoms with Gasteiger partial charge in [0.25, 0.3) is 0 Å². The number of hydrogen-bond acceptors (Lipinski definition) is 3. The van der Waals surface area contributed by atoms with Crippen molar-refractivity contribution < 1.29 is 9.53 Å². The Morgan fingerprint density at radius 3 is 2.35 bits per heavy atom. The molecule has 2 N–H and O–H groups in total. The van der Waals surface area contributed by atoms with Crippen LogP contribution in [-0.4, -0.2) is 40.8 Å². The monoisotopic (exact) mass is 375 g/mol. The zero-order valence-corrected chi connectivity index (χ0v) is 16.6. The summed E-state index contributed by atoms with van der Waals surface area (Å²) in [4.78, 5) is 14.3. The smallest absolute Gasteiger partial charge is 0.410 e. The standard InChI is InChI=1S/C20H29N3O2S/c1-20(2,3)25-19(24)23-12-14-8-7-9-15(13-23)17(14)22-18(26)21-16-10-5-4-6-11-16/h4-6,10-11,14-15,17H,7-9,12-13H2,1-3H3,(H2,21,22,26). The first-order chi connectivity index (χ1) is 12.3. The zero-order valence-electron chi connectivity index (χ0n) is 15.8. The molecule has 0 spiro atoms. The van der Waals surface area contributed by atoms with E-state index in [1.807, 2.05) is 56.0 Å². The number of hydrogen-bond donors (Lipinski definition) is 2. The van der Waals surface area contributed by atoms with Gasteiger partial charge in [0.2, 0.25) is 0 Å². The fourth-order valence-corrected chi connectivity index (χ4v) is 4.24. The Labute approximate surface area is 161 Å². The molecule has 1 saturated carbocycles. The molecule has 1 amide bonds. The van der Waals surface area contributed by atoms with Crippen molar-refractivity contribution >= 4 is 29.1 Å². The summed E-state index contributed by atoms with van der Waals surface area (Å²) < 4.78 is 5.57. The summed E-state index contributed by atoms with van der Waals surface area (Å²) in [6.07, 6.45) is 3.25. The van der Waals surface area contributed by atoms with Gasteiger partial charge >= 0.3 is 6.09 Å². The van der Waals surface area contributed by atoms with Crippen LogP contribution in [0.15, 0.2) is 30.3 Å². The molecule has 1 saturated heterocycles. The number of carbonyl (C=O) groups excluding carboxylic acids is 1. The third-order valence-electron chi connectivity index (χ3n) is 5.06. The van der Waals surface area contributed by atoms with Crippen molar-refractivity contribution in [3.8, 4) is 0 Å². The molecule has 1 aliphatic heterocycles. The molecule has 6 heteroatoms. The first kappa shape index (κ1) is 19.0. The van der Waals surface area contributed by atoms with Gasteiger partial charge in [-0.25, -0.2) is 4.79 Å². The van der Waals surface area contributed by atoms with Crippen molar-refractivity contribution in [2.75, 3.05) is 18.4 Å². The van der Waals surface area contributed by atoms with E-state index in [1.165, 1.54) is 6.42 Å². The van der Waals surface area contributed by atoms with Gasteiger partial charge in [0.05, 0.1) is 0 Å². The molecule has 0 aromatic heterocycles. The van der Waals surface area contributed by atoms with Crippen LogP contribution in [0.25, 0.3) is 0 Å². The predicted octanol–water partition coefficient (Wildman–Crippen LogP) is 4.01. The number of carbonyl (C=O) groups is 1. The summed E-state index contributed by atoms with van der Waals surface area (Å²) in [5.41, 5.74) is 0.531. The highest BCUT2D eigenvalue weighted by molar-refractivity contribution is 7.80. The van der Waals surface area contributed by atoms with E-state index in [4.69, 9.17) is 17.0 Å². The molecule has 26 heavy (non-hydrogen) atoms. The molecule has 2 fully saturated rings. The highest BCUT2D eigenvalue weighted by Crippen LogP contribution is 2.35. The maximum atomic E-state index is 12.5. The number of fused-ring (bicyclic) bond motifs is 2. The van der Waals surface area contributed by atoms with Crippen molar-refractivity contribution in [2.24, 2.45) is 11.8 Å². The average molecular weight is 376 g/mol. The Morgan fingerprint density at radius 2 is 1.77 bits per heavy atom. The van der Waals surface area contributed by atoms with Gasteiger partial charge in [0.15, 0.2) is 5.11 Å². The van der Waals surface area contributed by atoms with Crippen LogP contribution in [0.1, 0.15) is 40.0 Å². The first-order valence-electron chi connectivity index (χ1n) is 9.42. The lowest BCUT2D eigenvalue weighted by atomic mass is 9.73. The van der Waals surface area contributed by atoms with E-state index in [1.54, 1.807) is 0 Å². The number of anilines is 1. The molecule has 2 aliphatic rings. The number of nitrogens with one attached hydrogen (secondary N) is 2. The summed E-state index contributed by atoms with van der Waals surface area (Å²) in [5.74, 6) is 0.816. The van der Waals surface area contributed by atoms with Crippen LogP contribution in [0.3, 0.4) is 0 Å². The third kappa shape index (κ3) is 4.87. The quantitative estimate of drug-likeness (QED) is 0.765. The second-order valence-electron chi connectivity index (χ2n) is 8.33. The van der Waals surface area contributed by atoms with E-state index in [0.29, 0.717) is 23.0 Å². The summed E-state index contributed by atoms with van der Waals surface area (Å²) in [5, 5.41) is 7.43. The predicted molar refractivity (Wildman–Crippen MR) is 108 cm³/mol. The third-order valence-corrected chi connectivity index (χ3v) is 5.28. The van der Waals surface area contributed by atoms with E-state index in [-0.39, 0.29) is 6.09 Å². The summed E-state index contributed by atoms with van der Waals surface area (Å²) in [6, 6.07) is 10.3. The van der Waals surface area contributed by atoms with Gasteiger partial charge in [-0.2, -0.15) is 0 Å². The lowest BCUT2D eigenvalue weighted by Crippen LogP contribution is -2.60. The normalized spacial score (nSPS) is 25.3. The van der Waals surface area contributed by atoms with Crippen LogP contribution >= 0.6 is 12.2 Å². The number of nitrogens with zero attached hydrogens (tertiary/aromatic N) is 1. The molecule has 3 rings (SSSR count). The van der Waals surface area contributed by atoms with E-state index >= 15 is 0 Å². The number of amides is 1. The molecule has 1 aromatic carbocycles. The van der Waals surface area contributed by atoms with Crippen LogP contribution in [0, 0.1) is 11.8 Å². The number of likely N-dealkylation sites (tertiary alicyclic amines) is 1. The Morgan fingerprint density at radius 1 is 1.15 bits per heavy atom. The summed E-state index contributed by atoms with van der Waals surface area (Å²) >= 11 is 5.52. The number of ether oxygens (including phenoxy) is 1. The van der Waals surface area contributed by atoms with Crippen LogP contribution in [0.2, 0.25) is 0 Å². The minimum Gasteiger partial charge on any atom is -0.444 e. The molecule has 2 atom stereocenters. The maximum absolute atomic E-state index is 12.5. The number of piperidine rings is 1. The number of para-hydroxylation sites is 1. The molecular formula is C20H29N3O2S. The topological polar surface area (TPSA) is 53.6 Å². The fraction of sp³-hybridized carbons (Fsp3) is 0.600. The van der Waals surface area contributed by atoms with Crippen molar-refractivity contribution in [3.05, 3.63) is 30.3 Å². The molecule has 5 nitrogen and oxygen atoms in total. The fourth-order valence-electron chi connectivity index (χ4n) is 3.99. The molecule has 2 bridgehead atoms. The SMILES string of the molecule is CC(C)(C)OC(=O)N1CC2CCCC(C1)C2NC(=S)Nc1ccccc1. The van der Waals surface area contributed by atoms with Gasteiger partial charge in [0.1, 0.15) is 5.60 Å². The van der Waals surface area contributed by atoms with Crippen molar-refractivity contribution in [3.63, 3.8) is 0 Å². The molecule has 0 radical (unpaired) electrons. The summed E-state index contributed by atoms with van der Waals surface area (Å²) in [6.45, 7) is 7.20. The number of rotatable bonds is 2. The second-order valence-corrected chi connectivity index (χ2v) is 8.73. The minimum atomic E-state index is -0.456. The summed E-state index contributed by atoms with van der Waals surface area (Å²) in [7, 11) is 0. The largest absolute Gasteiger partial charge is 0.444 e. The van der Waals surface area contributed by atoms with Gasteiger partial charge in [-0.1, -0.05) is 24.6 Å². The van der Waals surface area contributed by atoms with Crippen molar-refractivity contribution in [1.29, 1.82) is 0 Å². The van der Waals surface area contributed by atoms with E-state index in [0.717, 1.165) is 31.6 Å². The molecule has 1 aromatic rings. The Balaban J connectivity index is 1.60. The highest BCUT2D eigenvalue weighted by atomic mass is 32.1.